The fraction of sp³-hybridized carbons (Fsp3) is 0.200. The van der Waals surface area contributed by atoms with Crippen LogP contribution in [0, 0.1) is 10.1 Å². The van der Waals surface area contributed by atoms with Gasteiger partial charge in [-0.25, -0.2) is 0 Å². The third-order valence-electron chi connectivity index (χ3n) is 1.92. The standard InChI is InChI=1S/C10H8ClNO6/c11-8-2-1-7(12(16)17)3-6(8)5-18-10(15)4-9(13)14/h1-3H,4-5H2,(H,13,14). The highest BCUT2D eigenvalue weighted by Crippen LogP contribution is 2.22. The maximum Gasteiger partial charge on any atom is 0.317 e. The van der Waals surface area contributed by atoms with Crippen molar-refractivity contribution in [2.45, 2.75) is 13.0 Å². The highest BCUT2D eigenvalue weighted by molar-refractivity contribution is 6.31. The molecule has 0 amide bonds. The summed E-state index contributed by atoms with van der Waals surface area (Å²) in [5.74, 6) is -2.25. The summed E-state index contributed by atoms with van der Waals surface area (Å²) in [4.78, 5) is 31.1. The normalized spacial score (nSPS) is 9.83. The Kier molecular flexibility index (Phi) is 4.61. The zero-order valence-corrected chi connectivity index (χ0v) is 9.72. The molecule has 0 unspecified atom stereocenters. The minimum atomic E-state index is -1.31. The second-order valence-corrected chi connectivity index (χ2v) is 3.67. The molecule has 18 heavy (non-hydrogen) atoms. The van der Waals surface area contributed by atoms with Gasteiger partial charge in [-0.1, -0.05) is 11.6 Å². The Balaban J connectivity index is 2.72. The highest BCUT2D eigenvalue weighted by atomic mass is 35.5. The van der Waals surface area contributed by atoms with E-state index in [1.807, 2.05) is 0 Å². The Morgan fingerprint density at radius 2 is 2.11 bits per heavy atom. The summed E-state index contributed by atoms with van der Waals surface area (Å²) in [5.41, 5.74) is 0.0493. The van der Waals surface area contributed by atoms with Gasteiger partial charge in [0.25, 0.3) is 5.69 Å². The van der Waals surface area contributed by atoms with Crippen LogP contribution in [0.5, 0.6) is 0 Å². The van der Waals surface area contributed by atoms with E-state index in [1.165, 1.54) is 12.1 Å². The van der Waals surface area contributed by atoms with Gasteiger partial charge in [0.05, 0.1) is 4.92 Å². The van der Waals surface area contributed by atoms with Gasteiger partial charge in [0.2, 0.25) is 0 Å². The molecule has 7 nitrogen and oxygen atoms in total. The van der Waals surface area contributed by atoms with E-state index in [4.69, 9.17) is 16.7 Å². The lowest BCUT2D eigenvalue weighted by atomic mass is 10.2. The van der Waals surface area contributed by atoms with Crippen molar-refractivity contribution in [2.75, 3.05) is 0 Å². The summed E-state index contributed by atoms with van der Waals surface area (Å²) in [7, 11) is 0. The molecule has 1 aromatic carbocycles. The molecule has 1 N–H and O–H groups in total. The number of carbonyl (C=O) groups excluding carboxylic acids is 1. The molecule has 0 saturated heterocycles. The van der Waals surface area contributed by atoms with Crippen LogP contribution < -0.4 is 0 Å². The lowest BCUT2D eigenvalue weighted by Gasteiger charge is -2.05. The zero-order valence-electron chi connectivity index (χ0n) is 8.96. The summed E-state index contributed by atoms with van der Waals surface area (Å²) < 4.78 is 4.63. The number of hydrogen-bond donors (Lipinski definition) is 1. The molecule has 0 aromatic heterocycles. The van der Waals surface area contributed by atoms with E-state index in [-0.39, 0.29) is 22.9 Å². The van der Waals surface area contributed by atoms with Gasteiger partial charge in [-0.05, 0) is 6.07 Å². The minimum Gasteiger partial charge on any atom is -0.481 e. The molecule has 0 aliphatic heterocycles. The number of benzene rings is 1. The fourth-order valence-corrected chi connectivity index (χ4v) is 1.29. The third-order valence-corrected chi connectivity index (χ3v) is 2.29. The molecule has 0 atom stereocenters. The first-order valence-electron chi connectivity index (χ1n) is 4.70. The lowest BCUT2D eigenvalue weighted by Crippen LogP contribution is -2.10. The number of carboxylic acids is 1. The van der Waals surface area contributed by atoms with Gasteiger partial charge in [-0.15, -0.1) is 0 Å². The summed E-state index contributed by atoms with van der Waals surface area (Å²) >= 11 is 5.76. The molecular weight excluding hydrogens is 266 g/mol. The van der Waals surface area contributed by atoms with Crippen molar-refractivity contribution in [2.24, 2.45) is 0 Å². The van der Waals surface area contributed by atoms with Gasteiger partial charge in [0, 0.05) is 22.7 Å². The maximum atomic E-state index is 11.0. The summed E-state index contributed by atoms with van der Waals surface area (Å²) in [5, 5.41) is 19.1. The number of non-ortho nitro benzene ring substituents is 1. The van der Waals surface area contributed by atoms with E-state index in [0.29, 0.717) is 0 Å². The van der Waals surface area contributed by atoms with Gasteiger partial charge >= 0.3 is 11.9 Å². The summed E-state index contributed by atoms with van der Waals surface area (Å²) in [6, 6.07) is 3.68. The van der Waals surface area contributed by atoms with Crippen LogP contribution in [-0.4, -0.2) is 22.0 Å². The first kappa shape index (κ1) is 13.9. The first-order chi connectivity index (χ1) is 8.40. The molecule has 0 bridgehead atoms. The average molecular weight is 274 g/mol. The van der Waals surface area contributed by atoms with Gasteiger partial charge < -0.3 is 9.84 Å². The molecule has 0 spiro atoms. The zero-order chi connectivity index (χ0) is 13.7. The third kappa shape index (κ3) is 4.02. The molecule has 96 valence electrons. The largest absolute Gasteiger partial charge is 0.481 e. The Labute approximate surface area is 106 Å². The number of esters is 1. The molecule has 1 aromatic rings. The lowest BCUT2D eigenvalue weighted by molar-refractivity contribution is -0.384. The number of nitro groups is 1. The van der Waals surface area contributed by atoms with Crippen molar-refractivity contribution in [3.05, 3.63) is 38.9 Å². The Morgan fingerprint density at radius 3 is 2.67 bits per heavy atom. The molecule has 0 fully saturated rings. The number of halogens is 1. The number of aliphatic carboxylic acids is 1. The topological polar surface area (TPSA) is 107 Å². The van der Waals surface area contributed by atoms with Crippen molar-refractivity contribution < 1.29 is 24.4 Å². The molecular formula is C10H8ClNO6. The van der Waals surface area contributed by atoms with Gasteiger partial charge in [-0.2, -0.15) is 0 Å². The number of carbonyl (C=O) groups is 2. The smallest absolute Gasteiger partial charge is 0.317 e. The van der Waals surface area contributed by atoms with E-state index in [2.05, 4.69) is 4.74 Å². The van der Waals surface area contributed by atoms with Gasteiger partial charge in [-0.3, -0.25) is 19.7 Å². The van der Waals surface area contributed by atoms with E-state index in [9.17, 15) is 19.7 Å². The Bertz CT molecular complexity index is 501. The van der Waals surface area contributed by atoms with Crippen LogP contribution in [0.15, 0.2) is 18.2 Å². The SMILES string of the molecule is O=C(O)CC(=O)OCc1cc([N+](=O)[O-])ccc1Cl. The predicted octanol–water partition coefficient (Wildman–Crippen LogP) is 1.77. The second kappa shape index (κ2) is 5.97. The molecule has 0 aliphatic carbocycles. The molecule has 0 radical (unpaired) electrons. The van der Waals surface area contributed by atoms with E-state index < -0.39 is 23.3 Å². The van der Waals surface area contributed by atoms with Crippen molar-refractivity contribution >= 4 is 29.2 Å². The quantitative estimate of drug-likeness (QED) is 0.379. The Morgan fingerprint density at radius 1 is 1.44 bits per heavy atom. The number of hydrogen-bond acceptors (Lipinski definition) is 5. The highest BCUT2D eigenvalue weighted by Gasteiger charge is 2.13. The number of nitro benzene ring substituents is 1. The van der Waals surface area contributed by atoms with Crippen LogP contribution in [-0.2, 0) is 20.9 Å². The van der Waals surface area contributed by atoms with Crippen molar-refractivity contribution in [3.8, 4) is 0 Å². The van der Waals surface area contributed by atoms with Crippen molar-refractivity contribution in [1.29, 1.82) is 0 Å². The molecule has 0 saturated carbocycles. The molecule has 1 rings (SSSR count). The van der Waals surface area contributed by atoms with Crippen LogP contribution >= 0.6 is 11.6 Å². The second-order valence-electron chi connectivity index (χ2n) is 3.26. The van der Waals surface area contributed by atoms with Crippen LogP contribution in [0.3, 0.4) is 0 Å². The monoisotopic (exact) mass is 273 g/mol. The van der Waals surface area contributed by atoms with E-state index in [0.717, 1.165) is 6.07 Å². The summed E-state index contributed by atoms with van der Waals surface area (Å²) in [6.07, 6.45) is -0.771. The molecule has 0 heterocycles. The van der Waals surface area contributed by atoms with Gasteiger partial charge in [0.15, 0.2) is 0 Å². The number of ether oxygens (including phenoxy) is 1. The maximum absolute atomic E-state index is 11.0. The van der Waals surface area contributed by atoms with Crippen LogP contribution in [0.2, 0.25) is 5.02 Å². The first-order valence-corrected chi connectivity index (χ1v) is 5.08. The summed E-state index contributed by atoms with van der Waals surface area (Å²) in [6.45, 7) is -0.313. The van der Waals surface area contributed by atoms with Crippen molar-refractivity contribution in [1.82, 2.24) is 0 Å². The average Bonchev–Trinajstić information content (AvgIpc) is 2.26. The molecule has 8 heteroatoms. The van der Waals surface area contributed by atoms with Crippen LogP contribution in [0.25, 0.3) is 0 Å². The Hall–Kier alpha value is -2.15. The number of rotatable bonds is 5. The van der Waals surface area contributed by atoms with Crippen LogP contribution in [0.4, 0.5) is 5.69 Å². The van der Waals surface area contributed by atoms with Crippen molar-refractivity contribution in [3.63, 3.8) is 0 Å². The molecule has 0 aliphatic rings. The van der Waals surface area contributed by atoms with Gasteiger partial charge in [0.1, 0.15) is 13.0 Å². The predicted molar refractivity (Wildman–Crippen MR) is 60.2 cm³/mol. The number of nitrogens with zero attached hydrogens (tertiary/aromatic N) is 1. The van der Waals surface area contributed by atoms with Crippen LogP contribution in [0.1, 0.15) is 12.0 Å². The minimum absolute atomic E-state index is 0.191. The fourth-order valence-electron chi connectivity index (χ4n) is 1.12. The van der Waals surface area contributed by atoms with E-state index in [1.54, 1.807) is 0 Å². The number of carboxylic acid groups (broad SMARTS) is 1. The van der Waals surface area contributed by atoms with E-state index >= 15 is 0 Å².